The molecular formula is C19H14ClF4NO4S2. The summed E-state index contributed by atoms with van der Waals surface area (Å²) in [7, 11) is 1.39. The smallest absolute Gasteiger partial charge is 0.358 e. The van der Waals surface area contributed by atoms with E-state index in [0.717, 1.165) is 6.07 Å². The Morgan fingerprint density at radius 3 is 2.55 bits per heavy atom. The van der Waals surface area contributed by atoms with Crippen molar-refractivity contribution >= 4 is 57.5 Å². The molecule has 0 amide bonds. The molecular weight excluding hydrogens is 482 g/mol. The van der Waals surface area contributed by atoms with Gasteiger partial charge < -0.3 is 9.84 Å². The van der Waals surface area contributed by atoms with Crippen molar-refractivity contribution in [2.24, 2.45) is 0 Å². The molecule has 0 aliphatic carbocycles. The topological polar surface area (TPSA) is 68.5 Å². The molecule has 0 bridgehead atoms. The lowest BCUT2D eigenvalue weighted by molar-refractivity contribution is -0.136. The molecule has 1 aromatic carbocycles. The third kappa shape index (κ3) is 4.39. The number of carbonyl (C=O) groups excluding carboxylic acids is 1. The fourth-order valence-corrected chi connectivity index (χ4v) is 5.36. The predicted octanol–water partition coefficient (Wildman–Crippen LogP) is 5.94. The standard InChI is InChI=1S/C19H14ClF4NO4S2/c1-8-9(7-13(26)27)15-10(3-4-11(29-2)16(15)20)25(8)17(28)12-5-6-14(30-12)31-19(23,24)18(21)22/h3-6,18H,7H2,1-2H3,(H,26,27). The number of alkyl halides is 4. The van der Waals surface area contributed by atoms with Crippen LogP contribution in [0.25, 0.3) is 10.9 Å². The van der Waals surface area contributed by atoms with Gasteiger partial charge in [-0.15, -0.1) is 11.3 Å². The summed E-state index contributed by atoms with van der Waals surface area (Å²) in [5.41, 5.74) is 0.915. The van der Waals surface area contributed by atoms with Gasteiger partial charge in [0.2, 0.25) is 0 Å². The van der Waals surface area contributed by atoms with Crippen molar-refractivity contribution in [1.82, 2.24) is 4.57 Å². The Kier molecular flexibility index (Phi) is 6.59. The summed E-state index contributed by atoms with van der Waals surface area (Å²) in [5, 5.41) is 5.45. The van der Waals surface area contributed by atoms with Crippen LogP contribution in [0.5, 0.6) is 5.75 Å². The van der Waals surface area contributed by atoms with Crippen LogP contribution in [-0.2, 0) is 11.2 Å². The number of carboxylic acid groups (broad SMARTS) is 1. The average molecular weight is 496 g/mol. The first-order chi connectivity index (χ1) is 14.5. The average Bonchev–Trinajstić information content (AvgIpc) is 3.24. The summed E-state index contributed by atoms with van der Waals surface area (Å²) in [4.78, 5) is 24.5. The van der Waals surface area contributed by atoms with E-state index < -0.39 is 30.0 Å². The monoisotopic (exact) mass is 495 g/mol. The molecule has 2 heterocycles. The molecule has 3 rings (SSSR count). The van der Waals surface area contributed by atoms with Crippen LogP contribution in [-0.4, -0.2) is 40.3 Å². The first-order valence-corrected chi connectivity index (χ1v) is 10.6. The SMILES string of the molecule is COc1ccc2c(c1Cl)c(CC(=O)O)c(C)n2C(=O)c1ccc(SC(F)(F)C(F)F)s1. The summed E-state index contributed by atoms with van der Waals surface area (Å²) in [6.45, 7) is 1.53. The van der Waals surface area contributed by atoms with Crippen LogP contribution in [0, 0.1) is 6.92 Å². The maximum absolute atomic E-state index is 13.3. The maximum Gasteiger partial charge on any atom is 0.358 e. The van der Waals surface area contributed by atoms with Gasteiger partial charge in [-0.3, -0.25) is 14.2 Å². The second-order valence-electron chi connectivity index (χ2n) is 6.33. The fourth-order valence-electron chi connectivity index (χ4n) is 3.08. The number of halogens is 5. The van der Waals surface area contributed by atoms with Crippen molar-refractivity contribution in [3.63, 3.8) is 0 Å². The number of fused-ring (bicyclic) bond motifs is 1. The molecule has 0 aliphatic rings. The molecule has 0 atom stereocenters. The van der Waals surface area contributed by atoms with E-state index in [4.69, 9.17) is 16.3 Å². The zero-order valence-electron chi connectivity index (χ0n) is 15.9. The van der Waals surface area contributed by atoms with Gasteiger partial charge in [0.15, 0.2) is 0 Å². The van der Waals surface area contributed by atoms with Gasteiger partial charge in [-0.05, 0) is 48.5 Å². The van der Waals surface area contributed by atoms with Crippen LogP contribution in [0.1, 0.15) is 20.9 Å². The van der Waals surface area contributed by atoms with Crippen LogP contribution in [0.2, 0.25) is 5.02 Å². The van der Waals surface area contributed by atoms with Crippen molar-refractivity contribution in [1.29, 1.82) is 0 Å². The van der Waals surface area contributed by atoms with Crippen LogP contribution in [0.3, 0.4) is 0 Å². The van der Waals surface area contributed by atoms with Gasteiger partial charge in [0.1, 0.15) is 5.75 Å². The quantitative estimate of drug-likeness (QED) is 0.324. The van der Waals surface area contributed by atoms with Gasteiger partial charge in [0.25, 0.3) is 5.91 Å². The number of thiophene rings is 1. The minimum atomic E-state index is -4.29. The Hall–Kier alpha value is -2.24. The minimum Gasteiger partial charge on any atom is -0.495 e. The molecule has 0 fully saturated rings. The number of rotatable bonds is 7. The molecule has 0 saturated heterocycles. The number of ether oxygens (including phenoxy) is 1. The molecule has 0 spiro atoms. The summed E-state index contributed by atoms with van der Waals surface area (Å²) in [6.07, 6.45) is -4.27. The zero-order chi connectivity index (χ0) is 23.1. The van der Waals surface area contributed by atoms with Gasteiger partial charge in [0.05, 0.1) is 33.2 Å². The summed E-state index contributed by atoms with van der Waals surface area (Å²) < 4.78 is 57.8. The summed E-state index contributed by atoms with van der Waals surface area (Å²) in [6, 6.07) is 5.46. The van der Waals surface area contributed by atoms with Crippen molar-refractivity contribution in [2.45, 2.75) is 29.2 Å². The highest BCUT2D eigenvalue weighted by Gasteiger charge is 2.42. The lowest BCUT2D eigenvalue weighted by atomic mass is 10.1. The largest absolute Gasteiger partial charge is 0.495 e. The Bertz CT molecular complexity index is 1180. The number of nitrogens with zero attached hydrogens (tertiary/aromatic N) is 1. The Morgan fingerprint density at radius 1 is 1.29 bits per heavy atom. The summed E-state index contributed by atoms with van der Waals surface area (Å²) >= 11 is 6.69. The Balaban J connectivity index is 2.11. The predicted molar refractivity (Wildman–Crippen MR) is 110 cm³/mol. The molecule has 12 heteroatoms. The van der Waals surface area contributed by atoms with Crippen LogP contribution in [0.4, 0.5) is 17.6 Å². The molecule has 0 radical (unpaired) electrons. The summed E-state index contributed by atoms with van der Waals surface area (Å²) in [5.74, 6) is -1.48. The van der Waals surface area contributed by atoms with Crippen LogP contribution >= 0.6 is 34.7 Å². The number of carboxylic acids is 1. The van der Waals surface area contributed by atoms with Crippen molar-refractivity contribution in [3.8, 4) is 5.75 Å². The third-order valence-electron chi connectivity index (χ3n) is 4.43. The fraction of sp³-hybridized carbons (Fsp3) is 0.263. The second-order valence-corrected chi connectivity index (χ2v) is 9.24. The zero-order valence-corrected chi connectivity index (χ0v) is 18.3. The van der Waals surface area contributed by atoms with Gasteiger partial charge in [-0.25, -0.2) is 8.78 Å². The highest BCUT2D eigenvalue weighted by Crippen LogP contribution is 2.44. The molecule has 166 valence electrons. The number of benzene rings is 1. The van der Waals surface area contributed by atoms with E-state index in [9.17, 15) is 32.3 Å². The molecule has 5 nitrogen and oxygen atoms in total. The first kappa shape index (κ1) is 23.4. The van der Waals surface area contributed by atoms with Crippen molar-refractivity contribution in [3.05, 3.63) is 45.4 Å². The molecule has 0 unspecified atom stereocenters. The van der Waals surface area contributed by atoms with E-state index in [1.165, 1.54) is 36.8 Å². The Labute approximate surface area is 186 Å². The van der Waals surface area contributed by atoms with Gasteiger partial charge in [-0.1, -0.05) is 11.6 Å². The highest BCUT2D eigenvalue weighted by molar-refractivity contribution is 8.02. The first-order valence-electron chi connectivity index (χ1n) is 8.55. The Morgan fingerprint density at radius 2 is 1.97 bits per heavy atom. The molecule has 0 saturated carbocycles. The van der Waals surface area contributed by atoms with Crippen molar-refractivity contribution in [2.75, 3.05) is 7.11 Å². The highest BCUT2D eigenvalue weighted by atomic mass is 35.5. The van der Waals surface area contributed by atoms with E-state index in [0.29, 0.717) is 33.5 Å². The van der Waals surface area contributed by atoms with Crippen molar-refractivity contribution < 1.29 is 37.0 Å². The van der Waals surface area contributed by atoms with Gasteiger partial charge in [0, 0.05) is 11.1 Å². The maximum atomic E-state index is 13.3. The van der Waals surface area contributed by atoms with Gasteiger partial charge in [-0.2, -0.15) is 8.78 Å². The van der Waals surface area contributed by atoms with Crippen LogP contribution < -0.4 is 4.74 Å². The van der Waals surface area contributed by atoms with E-state index in [2.05, 4.69) is 0 Å². The molecule has 0 aliphatic heterocycles. The van der Waals surface area contributed by atoms with E-state index in [-0.39, 0.29) is 31.6 Å². The second kappa shape index (κ2) is 8.71. The van der Waals surface area contributed by atoms with E-state index >= 15 is 0 Å². The van der Waals surface area contributed by atoms with E-state index in [1.54, 1.807) is 0 Å². The number of methoxy groups -OCH3 is 1. The lowest BCUT2D eigenvalue weighted by Gasteiger charge is -2.12. The number of hydrogen-bond donors (Lipinski definition) is 1. The number of hydrogen-bond acceptors (Lipinski definition) is 5. The van der Waals surface area contributed by atoms with Gasteiger partial charge >= 0.3 is 17.6 Å². The third-order valence-corrected chi connectivity index (χ3v) is 6.96. The number of carbonyl (C=O) groups is 2. The number of aromatic nitrogens is 1. The van der Waals surface area contributed by atoms with Crippen LogP contribution in [0.15, 0.2) is 28.5 Å². The minimum absolute atomic E-state index is 0.0152. The van der Waals surface area contributed by atoms with E-state index in [1.807, 2.05) is 0 Å². The molecule has 2 aromatic heterocycles. The molecule has 31 heavy (non-hydrogen) atoms. The normalized spacial score (nSPS) is 12.0. The lowest BCUT2D eigenvalue weighted by Crippen LogP contribution is -2.21. The molecule has 3 aromatic rings. The number of aliphatic carboxylic acids is 1. The molecule has 1 N–H and O–H groups in total. The number of thioether (sulfide) groups is 1.